The van der Waals surface area contributed by atoms with Crippen LogP contribution >= 0.6 is 11.6 Å². The van der Waals surface area contributed by atoms with Crippen LogP contribution in [-0.2, 0) is 6.54 Å². The molecule has 0 fully saturated rings. The molecule has 0 radical (unpaired) electrons. The normalized spacial score (nSPS) is 10.3. The SMILES string of the molecule is COc1cccc(C(=O)N(Cc2cccnc2)c2ccc(Cl)cc2)c1. The summed E-state index contributed by atoms with van der Waals surface area (Å²) in [6, 6.07) is 18.1. The first-order valence-corrected chi connectivity index (χ1v) is 8.15. The van der Waals surface area contributed by atoms with E-state index in [1.165, 1.54) is 0 Å². The van der Waals surface area contributed by atoms with Gasteiger partial charge in [0.15, 0.2) is 0 Å². The van der Waals surface area contributed by atoms with Crippen molar-refractivity contribution in [1.29, 1.82) is 0 Å². The molecule has 4 nitrogen and oxygen atoms in total. The molecule has 0 bridgehead atoms. The third-order valence-electron chi connectivity index (χ3n) is 3.76. The van der Waals surface area contributed by atoms with Crippen LogP contribution < -0.4 is 9.64 Å². The molecule has 0 unspecified atom stereocenters. The van der Waals surface area contributed by atoms with E-state index < -0.39 is 0 Å². The predicted octanol–water partition coefficient (Wildman–Crippen LogP) is 4.59. The summed E-state index contributed by atoms with van der Waals surface area (Å²) in [6.45, 7) is 0.408. The summed E-state index contributed by atoms with van der Waals surface area (Å²) in [5, 5.41) is 0.624. The molecule has 0 aliphatic carbocycles. The number of aromatic nitrogens is 1. The Morgan fingerprint density at radius 1 is 1.12 bits per heavy atom. The van der Waals surface area contributed by atoms with Gasteiger partial charge in [-0.15, -0.1) is 0 Å². The molecule has 1 amide bonds. The maximum absolute atomic E-state index is 13.1. The van der Waals surface area contributed by atoms with Gasteiger partial charge in [0.05, 0.1) is 13.7 Å². The number of methoxy groups -OCH3 is 1. The van der Waals surface area contributed by atoms with E-state index in [-0.39, 0.29) is 5.91 Å². The zero-order valence-corrected chi connectivity index (χ0v) is 14.5. The maximum Gasteiger partial charge on any atom is 0.258 e. The van der Waals surface area contributed by atoms with E-state index in [2.05, 4.69) is 4.98 Å². The van der Waals surface area contributed by atoms with Crippen LogP contribution in [0.3, 0.4) is 0 Å². The zero-order valence-electron chi connectivity index (χ0n) is 13.7. The van der Waals surface area contributed by atoms with Gasteiger partial charge in [-0.2, -0.15) is 0 Å². The minimum Gasteiger partial charge on any atom is -0.497 e. The molecule has 0 N–H and O–H groups in total. The van der Waals surface area contributed by atoms with Gasteiger partial charge < -0.3 is 9.64 Å². The second-order valence-corrected chi connectivity index (χ2v) is 5.90. The highest BCUT2D eigenvalue weighted by atomic mass is 35.5. The molecule has 126 valence electrons. The van der Waals surface area contributed by atoms with Gasteiger partial charge in [0, 0.05) is 28.7 Å². The fourth-order valence-electron chi connectivity index (χ4n) is 2.49. The first kappa shape index (κ1) is 17.0. The Bertz CT molecular complexity index is 851. The van der Waals surface area contributed by atoms with Gasteiger partial charge in [-0.3, -0.25) is 9.78 Å². The first-order valence-electron chi connectivity index (χ1n) is 7.78. The quantitative estimate of drug-likeness (QED) is 0.674. The number of amides is 1. The van der Waals surface area contributed by atoms with Crippen LogP contribution in [0.25, 0.3) is 0 Å². The molecule has 0 saturated heterocycles. The number of hydrogen-bond donors (Lipinski definition) is 0. The van der Waals surface area contributed by atoms with Crippen LogP contribution in [0.4, 0.5) is 5.69 Å². The van der Waals surface area contributed by atoms with E-state index in [1.54, 1.807) is 54.7 Å². The highest BCUT2D eigenvalue weighted by Crippen LogP contribution is 2.23. The Labute approximate surface area is 151 Å². The monoisotopic (exact) mass is 352 g/mol. The molecule has 1 heterocycles. The number of pyridine rings is 1. The summed E-state index contributed by atoms with van der Waals surface area (Å²) in [5.41, 5.74) is 2.26. The minimum absolute atomic E-state index is 0.120. The van der Waals surface area contributed by atoms with E-state index in [0.29, 0.717) is 22.9 Å². The van der Waals surface area contributed by atoms with Gasteiger partial charge in [-0.05, 0) is 54.1 Å². The maximum atomic E-state index is 13.1. The smallest absolute Gasteiger partial charge is 0.258 e. The third-order valence-corrected chi connectivity index (χ3v) is 4.02. The van der Waals surface area contributed by atoms with Crippen molar-refractivity contribution in [2.24, 2.45) is 0 Å². The summed E-state index contributed by atoms with van der Waals surface area (Å²) in [5.74, 6) is 0.522. The van der Waals surface area contributed by atoms with Crippen LogP contribution in [-0.4, -0.2) is 18.0 Å². The Morgan fingerprint density at radius 2 is 1.92 bits per heavy atom. The van der Waals surface area contributed by atoms with Crippen LogP contribution in [0.1, 0.15) is 15.9 Å². The lowest BCUT2D eigenvalue weighted by Gasteiger charge is -2.23. The summed E-state index contributed by atoms with van der Waals surface area (Å²) in [7, 11) is 1.58. The molecule has 0 spiro atoms. The van der Waals surface area contributed by atoms with Gasteiger partial charge in [0.25, 0.3) is 5.91 Å². The van der Waals surface area contributed by atoms with Crippen LogP contribution in [0.2, 0.25) is 5.02 Å². The van der Waals surface area contributed by atoms with Crippen molar-refractivity contribution in [3.05, 3.63) is 89.2 Å². The number of halogens is 1. The fourth-order valence-corrected chi connectivity index (χ4v) is 2.61. The zero-order chi connectivity index (χ0) is 17.6. The number of anilines is 1. The van der Waals surface area contributed by atoms with E-state index in [4.69, 9.17) is 16.3 Å². The Balaban J connectivity index is 1.97. The lowest BCUT2D eigenvalue weighted by Crippen LogP contribution is -2.30. The number of nitrogens with zero attached hydrogens (tertiary/aromatic N) is 2. The summed E-state index contributed by atoms with van der Waals surface area (Å²) in [4.78, 5) is 18.9. The van der Waals surface area contributed by atoms with Gasteiger partial charge in [0.1, 0.15) is 5.75 Å². The van der Waals surface area contributed by atoms with E-state index in [0.717, 1.165) is 11.3 Å². The average Bonchev–Trinajstić information content (AvgIpc) is 2.67. The van der Waals surface area contributed by atoms with E-state index >= 15 is 0 Å². The number of hydrogen-bond acceptors (Lipinski definition) is 3. The molecule has 0 saturated carbocycles. The Hall–Kier alpha value is -2.85. The minimum atomic E-state index is -0.120. The van der Waals surface area contributed by atoms with E-state index in [9.17, 15) is 4.79 Å². The molecule has 0 atom stereocenters. The van der Waals surface area contributed by atoms with Gasteiger partial charge in [0.2, 0.25) is 0 Å². The molecule has 3 rings (SSSR count). The van der Waals surface area contributed by atoms with Crippen molar-refractivity contribution in [3.8, 4) is 5.75 Å². The highest BCUT2D eigenvalue weighted by Gasteiger charge is 2.19. The third kappa shape index (κ3) is 4.17. The highest BCUT2D eigenvalue weighted by molar-refractivity contribution is 6.30. The molecule has 25 heavy (non-hydrogen) atoms. The van der Waals surface area contributed by atoms with Gasteiger partial charge in [-0.1, -0.05) is 23.7 Å². The van der Waals surface area contributed by atoms with Crippen molar-refractivity contribution in [3.63, 3.8) is 0 Å². The molecule has 2 aromatic carbocycles. The summed E-state index contributed by atoms with van der Waals surface area (Å²) < 4.78 is 5.23. The number of carbonyl (C=O) groups excluding carboxylic acids is 1. The van der Waals surface area contributed by atoms with Crippen molar-refractivity contribution in [1.82, 2.24) is 4.98 Å². The Kier molecular flexibility index (Phi) is 5.31. The first-order chi connectivity index (χ1) is 12.2. The van der Waals surface area contributed by atoms with E-state index in [1.807, 2.05) is 30.3 Å². The van der Waals surface area contributed by atoms with Crippen molar-refractivity contribution < 1.29 is 9.53 Å². The molecular formula is C20H17ClN2O2. The van der Waals surface area contributed by atoms with Crippen LogP contribution in [0.15, 0.2) is 73.1 Å². The van der Waals surface area contributed by atoms with Crippen molar-refractivity contribution >= 4 is 23.2 Å². The Morgan fingerprint density at radius 3 is 2.60 bits per heavy atom. The molecular weight excluding hydrogens is 336 g/mol. The number of carbonyl (C=O) groups is 1. The topological polar surface area (TPSA) is 42.4 Å². The standard InChI is InChI=1S/C20H17ClN2O2/c1-25-19-6-2-5-16(12-19)20(24)23(14-15-4-3-11-22-13-15)18-9-7-17(21)8-10-18/h2-13H,14H2,1H3. The number of ether oxygens (including phenoxy) is 1. The van der Waals surface area contributed by atoms with Gasteiger partial charge >= 0.3 is 0 Å². The second kappa shape index (κ2) is 7.81. The summed E-state index contributed by atoms with van der Waals surface area (Å²) >= 11 is 5.98. The second-order valence-electron chi connectivity index (χ2n) is 5.46. The molecule has 3 aromatic rings. The fraction of sp³-hybridized carbons (Fsp3) is 0.100. The van der Waals surface area contributed by atoms with Crippen LogP contribution in [0.5, 0.6) is 5.75 Å². The molecule has 0 aliphatic heterocycles. The largest absolute Gasteiger partial charge is 0.497 e. The predicted molar refractivity (Wildman–Crippen MR) is 99.2 cm³/mol. The lowest BCUT2D eigenvalue weighted by atomic mass is 10.1. The molecule has 1 aromatic heterocycles. The molecule has 5 heteroatoms. The van der Waals surface area contributed by atoms with Crippen molar-refractivity contribution in [2.75, 3.05) is 12.0 Å². The molecule has 0 aliphatic rings. The summed E-state index contributed by atoms with van der Waals surface area (Å²) in [6.07, 6.45) is 3.46. The number of rotatable bonds is 5. The lowest BCUT2D eigenvalue weighted by molar-refractivity contribution is 0.0985. The average molecular weight is 353 g/mol. The van der Waals surface area contributed by atoms with Gasteiger partial charge in [-0.25, -0.2) is 0 Å². The van der Waals surface area contributed by atoms with Crippen LogP contribution in [0, 0.1) is 0 Å². The number of benzene rings is 2. The van der Waals surface area contributed by atoms with Crippen molar-refractivity contribution in [2.45, 2.75) is 6.54 Å².